The largest absolute Gasteiger partial charge is 0.328 e. The lowest BCUT2D eigenvalue weighted by molar-refractivity contribution is -0.789. The minimum atomic E-state index is -1.11. The normalized spacial score (nSPS) is 11.8. The number of rotatable bonds is 6. The van der Waals surface area contributed by atoms with Gasteiger partial charge in [0.25, 0.3) is 10.2 Å². The van der Waals surface area contributed by atoms with E-state index in [0.29, 0.717) is 0 Å². The van der Waals surface area contributed by atoms with Crippen molar-refractivity contribution in [2.75, 3.05) is 13.2 Å². The molecule has 0 aromatic heterocycles. The van der Waals surface area contributed by atoms with Crippen molar-refractivity contribution in [3.63, 3.8) is 0 Å². The Balaban J connectivity index is 3.67. The number of hydrogen-bond donors (Lipinski definition) is 1. The molecule has 0 saturated heterocycles. The van der Waals surface area contributed by atoms with Gasteiger partial charge in [-0.3, -0.25) is 0 Å². The maximum atomic E-state index is 9.72. The van der Waals surface area contributed by atoms with Crippen LogP contribution in [0.1, 0.15) is 0 Å². The summed E-state index contributed by atoms with van der Waals surface area (Å²) in [4.78, 5) is 27.1. The summed E-state index contributed by atoms with van der Waals surface area (Å²) in [5, 5.41) is 17.2. The van der Waals surface area contributed by atoms with Gasteiger partial charge >= 0.3 is 0 Å². The standard InChI is InChI=1S/C3H7N3O6/c4-1-3(12-6(9)10)2-11-5(7)8/h3H,1-2,4H2/t3-/m1/s1. The van der Waals surface area contributed by atoms with E-state index in [-0.39, 0.29) is 6.54 Å². The van der Waals surface area contributed by atoms with Gasteiger partial charge in [-0.25, -0.2) is 0 Å². The molecule has 0 aromatic rings. The number of nitrogens with zero attached hydrogens (tertiary/aromatic N) is 2. The zero-order valence-electron chi connectivity index (χ0n) is 5.91. The highest BCUT2D eigenvalue weighted by molar-refractivity contribution is 4.52. The van der Waals surface area contributed by atoms with Crippen molar-refractivity contribution in [3.8, 4) is 0 Å². The molecule has 0 aromatic carbocycles. The fraction of sp³-hybridized carbons (Fsp3) is 1.00. The Morgan fingerprint density at radius 1 is 1.33 bits per heavy atom. The fourth-order valence-corrected chi connectivity index (χ4v) is 0.407. The predicted molar refractivity (Wildman–Crippen MR) is 33.9 cm³/mol. The Kier molecular flexibility index (Phi) is 4.38. The second-order valence-corrected chi connectivity index (χ2v) is 1.71. The molecular weight excluding hydrogens is 174 g/mol. The molecule has 70 valence electrons. The first kappa shape index (κ1) is 10.4. The Hall–Kier alpha value is -1.64. The Morgan fingerprint density at radius 2 is 1.92 bits per heavy atom. The monoisotopic (exact) mass is 181 g/mol. The van der Waals surface area contributed by atoms with Crippen molar-refractivity contribution < 1.29 is 19.8 Å². The van der Waals surface area contributed by atoms with Gasteiger partial charge in [-0.15, -0.1) is 20.2 Å². The van der Waals surface area contributed by atoms with E-state index in [9.17, 15) is 20.2 Å². The summed E-state index contributed by atoms with van der Waals surface area (Å²) in [5.41, 5.74) is 4.98. The number of nitrogens with two attached hydrogens (primary N) is 1. The van der Waals surface area contributed by atoms with Crippen molar-refractivity contribution in [2.24, 2.45) is 5.73 Å². The first-order valence-electron chi connectivity index (χ1n) is 2.84. The van der Waals surface area contributed by atoms with Gasteiger partial charge in [0, 0.05) is 6.54 Å². The zero-order valence-corrected chi connectivity index (χ0v) is 5.91. The van der Waals surface area contributed by atoms with Gasteiger partial charge in [0.05, 0.1) is 0 Å². The molecule has 0 rings (SSSR count). The van der Waals surface area contributed by atoms with Gasteiger partial charge in [-0.1, -0.05) is 0 Å². The molecule has 0 heterocycles. The Bertz CT molecular complexity index is 171. The van der Waals surface area contributed by atoms with E-state index in [0.717, 1.165) is 0 Å². The minimum Gasteiger partial charge on any atom is -0.328 e. The second-order valence-electron chi connectivity index (χ2n) is 1.71. The third-order valence-corrected chi connectivity index (χ3v) is 0.864. The Morgan fingerprint density at radius 3 is 2.25 bits per heavy atom. The molecule has 0 bridgehead atoms. The molecule has 0 amide bonds. The SMILES string of the molecule is NC[C@H](CO[N+](=O)[O-])O[N+](=O)[O-]. The molecule has 12 heavy (non-hydrogen) atoms. The molecule has 0 unspecified atom stereocenters. The average Bonchev–Trinajstić information content (AvgIpc) is 1.97. The van der Waals surface area contributed by atoms with Gasteiger partial charge in [-0.05, 0) is 0 Å². The van der Waals surface area contributed by atoms with E-state index in [4.69, 9.17) is 5.73 Å². The summed E-state index contributed by atoms with van der Waals surface area (Å²) in [6.45, 7) is -0.778. The third kappa shape index (κ3) is 5.17. The van der Waals surface area contributed by atoms with Crippen LogP contribution in [-0.2, 0) is 9.68 Å². The van der Waals surface area contributed by atoms with Crippen molar-refractivity contribution in [1.29, 1.82) is 0 Å². The lowest BCUT2D eigenvalue weighted by Gasteiger charge is -2.09. The van der Waals surface area contributed by atoms with Crippen LogP contribution >= 0.6 is 0 Å². The lowest BCUT2D eigenvalue weighted by Crippen LogP contribution is -2.31. The second kappa shape index (κ2) is 5.07. The maximum absolute atomic E-state index is 9.72. The van der Waals surface area contributed by atoms with Gasteiger partial charge < -0.3 is 15.4 Å². The van der Waals surface area contributed by atoms with Crippen LogP contribution in [0, 0.1) is 20.2 Å². The molecule has 0 aliphatic rings. The highest BCUT2D eigenvalue weighted by atomic mass is 17.0. The summed E-state index contributed by atoms with van der Waals surface area (Å²) >= 11 is 0. The van der Waals surface area contributed by atoms with Gasteiger partial charge in [-0.2, -0.15) is 0 Å². The number of hydrogen-bond acceptors (Lipinski definition) is 7. The van der Waals surface area contributed by atoms with Crippen LogP contribution in [0.5, 0.6) is 0 Å². The molecule has 0 spiro atoms. The molecule has 9 nitrogen and oxygen atoms in total. The van der Waals surface area contributed by atoms with Crippen molar-refractivity contribution >= 4 is 0 Å². The van der Waals surface area contributed by atoms with Crippen LogP contribution in [0.4, 0.5) is 0 Å². The van der Waals surface area contributed by atoms with E-state index in [1.807, 2.05) is 0 Å². The summed E-state index contributed by atoms with van der Waals surface area (Å²) < 4.78 is 0. The quantitative estimate of drug-likeness (QED) is 0.399. The summed E-state index contributed by atoms with van der Waals surface area (Å²) in [5.74, 6) is 0. The van der Waals surface area contributed by atoms with E-state index < -0.39 is 22.9 Å². The summed E-state index contributed by atoms with van der Waals surface area (Å²) in [7, 11) is 0. The van der Waals surface area contributed by atoms with Crippen molar-refractivity contribution in [1.82, 2.24) is 0 Å². The summed E-state index contributed by atoms with van der Waals surface area (Å²) in [6.07, 6.45) is -1.11. The molecule has 0 aliphatic heterocycles. The van der Waals surface area contributed by atoms with Gasteiger partial charge in [0.1, 0.15) is 12.7 Å². The topological polar surface area (TPSA) is 131 Å². The first-order chi connectivity index (χ1) is 5.56. The highest BCUT2D eigenvalue weighted by Gasteiger charge is 2.12. The maximum Gasteiger partial charge on any atom is 0.294 e. The van der Waals surface area contributed by atoms with Gasteiger partial charge in [0.15, 0.2) is 0 Å². The minimum absolute atomic E-state index is 0.227. The summed E-state index contributed by atoms with van der Waals surface area (Å²) in [6, 6.07) is 0. The zero-order chi connectivity index (χ0) is 9.56. The lowest BCUT2D eigenvalue weighted by atomic mass is 10.4. The predicted octanol–water partition coefficient (Wildman–Crippen LogP) is -1.27. The van der Waals surface area contributed by atoms with Crippen LogP contribution < -0.4 is 5.73 Å². The van der Waals surface area contributed by atoms with Crippen LogP contribution in [0.3, 0.4) is 0 Å². The molecule has 0 aliphatic carbocycles. The Labute approximate surface area is 66.3 Å². The molecule has 0 fully saturated rings. The van der Waals surface area contributed by atoms with Crippen LogP contribution in [0.25, 0.3) is 0 Å². The first-order valence-corrected chi connectivity index (χ1v) is 2.84. The van der Waals surface area contributed by atoms with Crippen LogP contribution in [0.2, 0.25) is 0 Å². The molecule has 9 heteroatoms. The fourth-order valence-electron chi connectivity index (χ4n) is 0.407. The van der Waals surface area contributed by atoms with E-state index in [2.05, 4.69) is 9.68 Å². The molecular formula is C3H7N3O6. The molecule has 2 N–H and O–H groups in total. The smallest absolute Gasteiger partial charge is 0.294 e. The average molecular weight is 181 g/mol. The molecule has 0 saturated carbocycles. The highest BCUT2D eigenvalue weighted by Crippen LogP contribution is 1.91. The van der Waals surface area contributed by atoms with E-state index in [1.54, 1.807) is 0 Å². The van der Waals surface area contributed by atoms with Crippen molar-refractivity contribution in [3.05, 3.63) is 20.2 Å². The van der Waals surface area contributed by atoms with Gasteiger partial charge in [0.2, 0.25) is 0 Å². The van der Waals surface area contributed by atoms with E-state index in [1.165, 1.54) is 0 Å². The molecule has 1 atom stereocenters. The van der Waals surface area contributed by atoms with E-state index >= 15 is 0 Å². The van der Waals surface area contributed by atoms with Crippen molar-refractivity contribution in [2.45, 2.75) is 6.10 Å². The third-order valence-electron chi connectivity index (χ3n) is 0.864. The molecule has 0 radical (unpaired) electrons. The van der Waals surface area contributed by atoms with Crippen LogP contribution in [0.15, 0.2) is 0 Å². The van der Waals surface area contributed by atoms with Crippen LogP contribution in [-0.4, -0.2) is 29.4 Å².